The highest BCUT2D eigenvalue weighted by Crippen LogP contribution is 2.35. The molecule has 0 saturated heterocycles. The molecule has 1 aromatic heterocycles. The van der Waals surface area contributed by atoms with Crippen molar-refractivity contribution < 1.29 is 13.2 Å². The van der Waals surface area contributed by atoms with E-state index >= 15 is 0 Å². The van der Waals surface area contributed by atoms with Crippen molar-refractivity contribution in [3.63, 3.8) is 0 Å². The van der Waals surface area contributed by atoms with Crippen molar-refractivity contribution in [3.05, 3.63) is 59.0 Å². The third-order valence-corrected chi connectivity index (χ3v) is 3.79. The molecule has 0 aliphatic heterocycles. The molecule has 0 unspecified atom stereocenters. The van der Waals surface area contributed by atoms with Crippen molar-refractivity contribution in [2.24, 2.45) is 5.18 Å². The van der Waals surface area contributed by atoms with Gasteiger partial charge in [0.15, 0.2) is 0 Å². The molecule has 118 valence electrons. The second-order valence-electron chi connectivity index (χ2n) is 5.19. The summed E-state index contributed by atoms with van der Waals surface area (Å²) in [4.78, 5) is 10.7. The number of halogens is 3. The predicted molar refractivity (Wildman–Crippen MR) is 83.5 cm³/mol. The number of hydrogen-bond acceptors (Lipinski definition) is 2. The van der Waals surface area contributed by atoms with Gasteiger partial charge in [-0.05, 0) is 54.1 Å². The van der Waals surface area contributed by atoms with Crippen LogP contribution in [0.15, 0.2) is 53.7 Å². The van der Waals surface area contributed by atoms with Gasteiger partial charge in [0.25, 0.3) is 0 Å². The molecule has 3 nitrogen and oxygen atoms in total. The van der Waals surface area contributed by atoms with Crippen molar-refractivity contribution in [1.82, 2.24) is 4.57 Å². The average Bonchev–Trinajstić information content (AvgIpc) is 2.91. The molecule has 6 heteroatoms. The molecular weight excluding hydrogens is 305 g/mol. The van der Waals surface area contributed by atoms with Gasteiger partial charge in [0.1, 0.15) is 5.69 Å². The summed E-state index contributed by atoms with van der Waals surface area (Å²) in [7, 11) is 0. The Morgan fingerprint density at radius 1 is 1.09 bits per heavy atom. The van der Waals surface area contributed by atoms with Crippen LogP contribution in [0.25, 0.3) is 22.2 Å². The van der Waals surface area contributed by atoms with Crippen molar-refractivity contribution in [3.8, 4) is 11.3 Å². The zero-order chi connectivity index (χ0) is 16.6. The zero-order valence-electron chi connectivity index (χ0n) is 12.3. The number of hydrogen-bond donors (Lipinski definition) is 0. The van der Waals surface area contributed by atoms with E-state index in [1.165, 1.54) is 6.07 Å². The van der Waals surface area contributed by atoms with Crippen molar-refractivity contribution in [2.45, 2.75) is 19.6 Å². The summed E-state index contributed by atoms with van der Waals surface area (Å²) in [6.45, 7) is 2.52. The van der Waals surface area contributed by atoms with E-state index in [1.54, 1.807) is 30.3 Å². The molecule has 2 aromatic carbocycles. The Kier molecular flexibility index (Phi) is 3.67. The first-order chi connectivity index (χ1) is 10.9. The Labute approximate surface area is 130 Å². The van der Waals surface area contributed by atoms with E-state index in [0.29, 0.717) is 23.5 Å². The molecular formula is C17H13F3N2O. The fourth-order valence-corrected chi connectivity index (χ4v) is 2.75. The summed E-state index contributed by atoms with van der Waals surface area (Å²) >= 11 is 0. The fraction of sp³-hybridized carbons (Fsp3) is 0.176. The van der Waals surface area contributed by atoms with Gasteiger partial charge in [-0.1, -0.05) is 12.1 Å². The molecule has 0 N–H and O–H groups in total. The molecule has 0 spiro atoms. The van der Waals surface area contributed by atoms with Crippen molar-refractivity contribution in [1.29, 1.82) is 0 Å². The summed E-state index contributed by atoms with van der Waals surface area (Å²) in [5.74, 6) is 0. The summed E-state index contributed by atoms with van der Waals surface area (Å²) in [6.07, 6.45) is -4.38. The molecule has 0 aliphatic carbocycles. The standard InChI is InChI=1S/C17H13F3N2O/c1-2-22-15-7-6-14(21-23)9-12(15)10-16(22)11-4-3-5-13(8-11)17(18,19)20/h3-10H,2H2,1H3. The Morgan fingerprint density at radius 3 is 2.52 bits per heavy atom. The second-order valence-corrected chi connectivity index (χ2v) is 5.19. The van der Waals surface area contributed by atoms with E-state index in [1.807, 2.05) is 11.5 Å². The molecule has 1 heterocycles. The second kappa shape index (κ2) is 5.53. The van der Waals surface area contributed by atoms with E-state index in [2.05, 4.69) is 5.18 Å². The topological polar surface area (TPSA) is 34.4 Å². The lowest BCUT2D eigenvalue weighted by Crippen LogP contribution is -2.05. The van der Waals surface area contributed by atoms with Crippen LogP contribution in [-0.2, 0) is 12.7 Å². The van der Waals surface area contributed by atoms with Crippen LogP contribution in [0.3, 0.4) is 0 Å². The first kappa shape index (κ1) is 15.3. The van der Waals surface area contributed by atoms with Crippen LogP contribution in [0.5, 0.6) is 0 Å². The highest BCUT2D eigenvalue weighted by Gasteiger charge is 2.30. The minimum atomic E-state index is -4.38. The highest BCUT2D eigenvalue weighted by molar-refractivity contribution is 5.89. The zero-order valence-corrected chi connectivity index (χ0v) is 12.3. The van der Waals surface area contributed by atoms with Gasteiger partial charge in [-0.3, -0.25) is 0 Å². The Bertz CT molecular complexity index is 881. The van der Waals surface area contributed by atoms with Gasteiger partial charge in [0, 0.05) is 23.1 Å². The number of aryl methyl sites for hydroxylation is 1. The van der Waals surface area contributed by atoms with Crippen LogP contribution in [0.2, 0.25) is 0 Å². The number of rotatable bonds is 3. The Morgan fingerprint density at radius 2 is 1.87 bits per heavy atom. The van der Waals surface area contributed by atoms with E-state index in [-0.39, 0.29) is 0 Å². The maximum absolute atomic E-state index is 12.9. The predicted octanol–water partition coefficient (Wildman–Crippen LogP) is 5.74. The number of alkyl halides is 3. The van der Waals surface area contributed by atoms with Gasteiger partial charge in [0.05, 0.1) is 5.56 Å². The number of fused-ring (bicyclic) bond motifs is 1. The molecule has 0 aliphatic rings. The third-order valence-electron chi connectivity index (χ3n) is 3.79. The van der Waals surface area contributed by atoms with E-state index in [4.69, 9.17) is 0 Å². The van der Waals surface area contributed by atoms with Crippen LogP contribution < -0.4 is 0 Å². The highest BCUT2D eigenvalue weighted by atomic mass is 19.4. The lowest BCUT2D eigenvalue weighted by molar-refractivity contribution is -0.137. The summed E-state index contributed by atoms with van der Waals surface area (Å²) < 4.78 is 40.7. The SMILES string of the molecule is CCn1c(-c2cccc(C(F)(F)F)c2)cc2cc(N=O)ccc21. The minimum absolute atomic E-state index is 0.293. The molecule has 0 atom stereocenters. The van der Waals surface area contributed by atoms with Crippen LogP contribution in [0.4, 0.5) is 18.9 Å². The monoisotopic (exact) mass is 318 g/mol. The van der Waals surface area contributed by atoms with Gasteiger partial charge in [-0.2, -0.15) is 13.2 Å². The third kappa shape index (κ3) is 2.72. The molecule has 0 bridgehead atoms. The van der Waals surface area contributed by atoms with Gasteiger partial charge < -0.3 is 4.57 Å². The first-order valence-electron chi connectivity index (χ1n) is 7.08. The maximum atomic E-state index is 12.9. The Hall–Kier alpha value is -2.63. The Balaban J connectivity index is 2.21. The van der Waals surface area contributed by atoms with Gasteiger partial charge in [0.2, 0.25) is 0 Å². The van der Waals surface area contributed by atoms with Crippen molar-refractivity contribution in [2.75, 3.05) is 0 Å². The number of benzene rings is 2. The van der Waals surface area contributed by atoms with Crippen molar-refractivity contribution >= 4 is 16.6 Å². The molecule has 23 heavy (non-hydrogen) atoms. The maximum Gasteiger partial charge on any atom is 0.416 e. The lowest BCUT2D eigenvalue weighted by Gasteiger charge is -2.11. The van der Waals surface area contributed by atoms with Crippen LogP contribution in [0.1, 0.15) is 12.5 Å². The number of nitrogens with zero attached hydrogens (tertiary/aromatic N) is 2. The molecule has 0 radical (unpaired) electrons. The van der Waals surface area contributed by atoms with Gasteiger partial charge >= 0.3 is 6.18 Å². The molecule has 0 amide bonds. The summed E-state index contributed by atoms with van der Waals surface area (Å²) in [5.41, 5.74) is 1.63. The van der Waals surface area contributed by atoms with E-state index < -0.39 is 11.7 Å². The molecule has 3 aromatic rings. The van der Waals surface area contributed by atoms with Crippen LogP contribution in [-0.4, -0.2) is 4.57 Å². The summed E-state index contributed by atoms with van der Waals surface area (Å²) in [6, 6.07) is 12.0. The summed E-state index contributed by atoms with van der Waals surface area (Å²) in [5, 5.41) is 3.67. The van der Waals surface area contributed by atoms with Crippen LogP contribution in [0, 0.1) is 4.91 Å². The van der Waals surface area contributed by atoms with Gasteiger partial charge in [-0.15, -0.1) is 4.91 Å². The minimum Gasteiger partial charge on any atom is -0.341 e. The van der Waals surface area contributed by atoms with E-state index in [0.717, 1.165) is 23.0 Å². The smallest absolute Gasteiger partial charge is 0.341 e. The first-order valence-corrected chi connectivity index (χ1v) is 7.08. The van der Waals surface area contributed by atoms with Crippen LogP contribution >= 0.6 is 0 Å². The fourth-order valence-electron chi connectivity index (χ4n) is 2.75. The number of nitroso groups, excluding NO2 is 1. The normalized spacial score (nSPS) is 11.8. The number of aromatic nitrogens is 1. The van der Waals surface area contributed by atoms with E-state index in [9.17, 15) is 18.1 Å². The quantitative estimate of drug-likeness (QED) is 0.567. The average molecular weight is 318 g/mol. The van der Waals surface area contributed by atoms with Gasteiger partial charge in [-0.25, -0.2) is 0 Å². The molecule has 0 fully saturated rings. The molecule has 0 saturated carbocycles. The largest absolute Gasteiger partial charge is 0.416 e. The lowest BCUT2D eigenvalue weighted by atomic mass is 10.1. The molecule has 3 rings (SSSR count).